The molecule has 1 nitrogen and oxygen atoms in total. The zero-order valence-corrected chi connectivity index (χ0v) is 9.81. The molecule has 2 rings (SSSR count). The average Bonchev–Trinajstić information content (AvgIpc) is 2.69. The molecule has 0 aliphatic heterocycles. The monoisotopic (exact) mass is 209 g/mol. The first kappa shape index (κ1) is 10.2. The van der Waals surface area contributed by atoms with Gasteiger partial charge in [-0.25, -0.2) is 0 Å². The summed E-state index contributed by atoms with van der Waals surface area (Å²) in [6, 6.07) is 4.84. The van der Waals surface area contributed by atoms with Gasteiger partial charge in [0.25, 0.3) is 0 Å². The van der Waals surface area contributed by atoms with E-state index in [2.05, 4.69) is 31.4 Å². The van der Waals surface area contributed by atoms with Crippen molar-refractivity contribution in [2.45, 2.75) is 45.1 Å². The highest BCUT2D eigenvalue weighted by Crippen LogP contribution is 2.57. The number of hydrogen-bond acceptors (Lipinski definition) is 2. The van der Waals surface area contributed by atoms with E-state index in [0.29, 0.717) is 11.5 Å². The topological polar surface area (TPSA) is 26.0 Å². The van der Waals surface area contributed by atoms with Crippen LogP contribution in [0.1, 0.15) is 43.9 Å². The standard InChI is InChI=1S/C12H19NS/c1-3-12(4-2)9(8-11(12)13)10-6-5-7-14-10/h5-7,9,11H,3-4,8,13H2,1-2H3. The fourth-order valence-corrected chi connectivity index (χ4v) is 3.94. The Morgan fingerprint density at radius 3 is 2.64 bits per heavy atom. The molecule has 1 aliphatic carbocycles. The molecule has 0 amide bonds. The zero-order valence-electron chi connectivity index (χ0n) is 8.99. The highest BCUT2D eigenvalue weighted by Gasteiger charge is 2.51. The lowest BCUT2D eigenvalue weighted by Crippen LogP contribution is -2.55. The van der Waals surface area contributed by atoms with Crippen LogP contribution in [0.15, 0.2) is 17.5 Å². The lowest BCUT2D eigenvalue weighted by molar-refractivity contribution is 0.0458. The molecule has 2 heteroatoms. The van der Waals surface area contributed by atoms with Gasteiger partial charge in [0.2, 0.25) is 0 Å². The Morgan fingerprint density at radius 1 is 1.50 bits per heavy atom. The second-order valence-corrected chi connectivity index (χ2v) is 5.33. The van der Waals surface area contributed by atoms with Crippen LogP contribution in [0.4, 0.5) is 0 Å². The van der Waals surface area contributed by atoms with Crippen molar-refractivity contribution >= 4 is 11.3 Å². The van der Waals surface area contributed by atoms with Crippen LogP contribution in [-0.2, 0) is 0 Å². The van der Waals surface area contributed by atoms with E-state index in [9.17, 15) is 0 Å². The van der Waals surface area contributed by atoms with E-state index in [-0.39, 0.29) is 0 Å². The minimum absolute atomic E-state index is 0.394. The van der Waals surface area contributed by atoms with E-state index in [0.717, 1.165) is 5.92 Å². The van der Waals surface area contributed by atoms with Crippen LogP contribution >= 0.6 is 11.3 Å². The molecule has 0 radical (unpaired) electrons. The molecule has 78 valence electrons. The molecule has 14 heavy (non-hydrogen) atoms. The summed E-state index contributed by atoms with van der Waals surface area (Å²) in [4.78, 5) is 1.54. The van der Waals surface area contributed by atoms with Gasteiger partial charge in [-0.15, -0.1) is 11.3 Å². The van der Waals surface area contributed by atoms with Gasteiger partial charge in [0.05, 0.1) is 0 Å². The average molecular weight is 209 g/mol. The second kappa shape index (κ2) is 3.67. The quantitative estimate of drug-likeness (QED) is 0.811. The second-order valence-electron chi connectivity index (χ2n) is 4.35. The van der Waals surface area contributed by atoms with Crippen LogP contribution in [0.3, 0.4) is 0 Å². The summed E-state index contributed by atoms with van der Waals surface area (Å²) < 4.78 is 0. The molecule has 1 aliphatic rings. The molecular weight excluding hydrogens is 190 g/mol. The van der Waals surface area contributed by atoms with Crippen molar-refractivity contribution in [3.63, 3.8) is 0 Å². The van der Waals surface area contributed by atoms with E-state index < -0.39 is 0 Å². The number of rotatable bonds is 3. The molecule has 0 saturated heterocycles. The summed E-state index contributed by atoms with van der Waals surface area (Å²) in [6.45, 7) is 4.56. The summed E-state index contributed by atoms with van der Waals surface area (Å²) >= 11 is 1.89. The first-order valence-electron chi connectivity index (χ1n) is 5.53. The molecule has 0 aromatic carbocycles. The van der Waals surface area contributed by atoms with E-state index in [1.54, 1.807) is 0 Å². The third-order valence-electron chi connectivity index (χ3n) is 4.13. The summed E-state index contributed by atoms with van der Waals surface area (Å²) in [7, 11) is 0. The summed E-state index contributed by atoms with van der Waals surface area (Å²) in [6.07, 6.45) is 3.61. The van der Waals surface area contributed by atoms with E-state index in [1.807, 2.05) is 11.3 Å². The Kier molecular flexibility index (Phi) is 2.67. The van der Waals surface area contributed by atoms with Gasteiger partial charge >= 0.3 is 0 Å². The van der Waals surface area contributed by atoms with Gasteiger partial charge in [-0.05, 0) is 36.1 Å². The molecule has 1 aromatic heterocycles. The Labute approximate surface area is 90.3 Å². The predicted molar refractivity (Wildman–Crippen MR) is 62.7 cm³/mol. The molecule has 0 spiro atoms. The number of nitrogens with two attached hydrogens (primary N) is 1. The first-order chi connectivity index (χ1) is 6.74. The molecule has 1 aromatic rings. The maximum atomic E-state index is 6.18. The Morgan fingerprint density at radius 2 is 2.21 bits per heavy atom. The van der Waals surface area contributed by atoms with Crippen molar-refractivity contribution < 1.29 is 0 Å². The van der Waals surface area contributed by atoms with Gasteiger partial charge in [0, 0.05) is 16.8 Å². The van der Waals surface area contributed by atoms with Crippen LogP contribution in [0, 0.1) is 5.41 Å². The van der Waals surface area contributed by atoms with Gasteiger partial charge in [-0.3, -0.25) is 0 Å². The lowest BCUT2D eigenvalue weighted by Gasteiger charge is -2.54. The van der Waals surface area contributed by atoms with Gasteiger partial charge in [-0.2, -0.15) is 0 Å². The molecule has 2 unspecified atom stereocenters. The third-order valence-corrected chi connectivity index (χ3v) is 5.11. The van der Waals surface area contributed by atoms with Crippen molar-refractivity contribution in [3.8, 4) is 0 Å². The van der Waals surface area contributed by atoms with Crippen molar-refractivity contribution in [1.29, 1.82) is 0 Å². The fourth-order valence-electron chi connectivity index (χ4n) is 2.98. The van der Waals surface area contributed by atoms with E-state index in [1.165, 1.54) is 24.1 Å². The number of thiophene rings is 1. The van der Waals surface area contributed by atoms with Crippen LogP contribution in [0.25, 0.3) is 0 Å². The SMILES string of the molecule is CCC1(CC)C(N)CC1c1cccs1. The van der Waals surface area contributed by atoms with Crippen molar-refractivity contribution in [1.82, 2.24) is 0 Å². The Hall–Kier alpha value is -0.340. The zero-order chi connectivity index (χ0) is 10.2. The van der Waals surface area contributed by atoms with Crippen molar-refractivity contribution in [2.24, 2.45) is 11.1 Å². The molecule has 2 N–H and O–H groups in total. The summed E-state index contributed by atoms with van der Waals surface area (Å²) in [5.41, 5.74) is 6.57. The fraction of sp³-hybridized carbons (Fsp3) is 0.667. The van der Waals surface area contributed by atoms with E-state index in [4.69, 9.17) is 5.73 Å². The molecule has 0 bridgehead atoms. The number of hydrogen-bond donors (Lipinski definition) is 1. The van der Waals surface area contributed by atoms with Gasteiger partial charge in [-0.1, -0.05) is 19.9 Å². The summed E-state index contributed by atoms with van der Waals surface area (Å²) in [5.74, 6) is 0.729. The molecule has 1 heterocycles. The molecule has 1 fully saturated rings. The van der Waals surface area contributed by atoms with Crippen LogP contribution in [0.5, 0.6) is 0 Å². The highest BCUT2D eigenvalue weighted by atomic mass is 32.1. The van der Waals surface area contributed by atoms with Gasteiger partial charge < -0.3 is 5.73 Å². The lowest BCUT2D eigenvalue weighted by atomic mass is 9.53. The van der Waals surface area contributed by atoms with E-state index >= 15 is 0 Å². The van der Waals surface area contributed by atoms with Crippen molar-refractivity contribution in [2.75, 3.05) is 0 Å². The van der Waals surface area contributed by atoms with Crippen LogP contribution < -0.4 is 5.73 Å². The smallest absolute Gasteiger partial charge is 0.0108 e. The largest absolute Gasteiger partial charge is 0.327 e. The van der Waals surface area contributed by atoms with Crippen molar-refractivity contribution in [3.05, 3.63) is 22.4 Å². The highest BCUT2D eigenvalue weighted by molar-refractivity contribution is 7.10. The Balaban J connectivity index is 2.23. The Bertz CT molecular complexity index is 287. The molecule has 1 saturated carbocycles. The third kappa shape index (κ3) is 1.24. The first-order valence-corrected chi connectivity index (χ1v) is 6.41. The minimum atomic E-state index is 0.394. The van der Waals surface area contributed by atoms with Crippen LogP contribution in [0.2, 0.25) is 0 Å². The maximum Gasteiger partial charge on any atom is 0.0108 e. The minimum Gasteiger partial charge on any atom is -0.327 e. The maximum absolute atomic E-state index is 6.18. The van der Waals surface area contributed by atoms with Gasteiger partial charge in [0.1, 0.15) is 0 Å². The van der Waals surface area contributed by atoms with Gasteiger partial charge in [0.15, 0.2) is 0 Å². The summed E-state index contributed by atoms with van der Waals surface area (Å²) in [5, 5.41) is 2.18. The predicted octanol–water partition coefficient (Wildman–Crippen LogP) is 3.37. The molecule has 2 atom stereocenters. The normalized spacial score (nSPS) is 29.9. The molecular formula is C12H19NS. The van der Waals surface area contributed by atoms with Crippen LogP contribution in [-0.4, -0.2) is 6.04 Å².